The number of hydrogen-bond donors (Lipinski definition) is 5. The summed E-state index contributed by atoms with van der Waals surface area (Å²) in [5, 5.41) is 39.1. The number of aryl methyl sites for hydroxylation is 3. The van der Waals surface area contributed by atoms with Crippen molar-refractivity contribution >= 4 is 75.2 Å². The number of carboxylic acid groups (broad SMARTS) is 1. The quantitative estimate of drug-likeness (QED) is 0.0134. The lowest BCUT2D eigenvalue weighted by Crippen LogP contribution is -2.46. The lowest BCUT2D eigenvalue weighted by molar-refractivity contribution is -0.189. The number of aliphatic carboxylic acids is 1. The second-order valence-corrected chi connectivity index (χ2v) is 38.4. The minimum Gasteiger partial charge on any atom is -0.481 e. The number of hydrogen-bond acceptors (Lipinski definition) is 17. The first-order valence-corrected chi connectivity index (χ1v) is 48.2. The number of nitrogens with one attached hydrogen (secondary N) is 1. The van der Waals surface area contributed by atoms with Crippen molar-refractivity contribution in [1.82, 2.24) is 14.9 Å². The summed E-state index contributed by atoms with van der Waals surface area (Å²) in [7, 11) is -11.1. The first kappa shape index (κ1) is 110. The lowest BCUT2D eigenvalue weighted by atomic mass is 9.70. The van der Waals surface area contributed by atoms with Gasteiger partial charge >= 0.3 is 57.0 Å². The van der Waals surface area contributed by atoms with Crippen LogP contribution in [0.2, 0.25) is 0 Å². The van der Waals surface area contributed by atoms with Crippen LogP contribution in [0.4, 0.5) is 39.5 Å². The maximum Gasteiger partial charge on any atom is 0.498 e. The molecule has 32 heteroatoms. The summed E-state index contributed by atoms with van der Waals surface area (Å²) in [6.07, 6.45) is 9.02. The van der Waals surface area contributed by atoms with E-state index in [4.69, 9.17) is 24.5 Å². The molecule has 16 rings (SSSR count). The Morgan fingerprint density at radius 2 is 0.867 bits per heavy atom. The standard InChI is InChI=1S/2C24H24BNO.C17H19NO.C10H13F3O2.C8H12O2.C7H9BO2.C5H5F3O2.C5H8.C3H5F3O4S2/c2*1-19-11-8-9-16-22(19)25-26-18-10-17-23(26)24(27-25,20-12-4-2-5-13-20)21-14-6-3-7-15-21;19-17(16-12-7-13-18-16,14-8-3-1-4-9-14)15-10-5-2-6-11-15;1-7-2-4-8(5-3-7)9(14)15-6-10(11,12)13;1-6-2-4-7(5-3-6)8(9)10;1-6-4-2-3-5-7(6)8(9)10;1-2-4(9)10-3-5(6,7)8;1-4-5(2)3;1-11(7,8)2-12(9,10)3(4,5)6/h2*2-9,11-16,23H,10,17-18H2,1H3;1-6,8-11,16,18-19H,7,12-13H2;2,8H,3-6H2,1H3;2,7H,3-5H2,1H3,(H,9,10);2-5,9-10H,1H3;2H,1,3H2;4H,1-2H2,3H3;2H2,1H3/t2*23-;16-;8-;7-;;;;/m00000..../s1. The Morgan fingerprint density at radius 1 is 0.511 bits per heavy atom. The number of aliphatic hydroxyl groups is 1. The van der Waals surface area contributed by atoms with Gasteiger partial charge in [-0.15, -0.1) is 0 Å². The fourth-order valence-corrected chi connectivity index (χ4v) is 19.8. The number of allylic oxidation sites excluding steroid dienone is 6. The van der Waals surface area contributed by atoms with E-state index in [-0.39, 0.29) is 26.1 Å². The number of halogens is 9. The van der Waals surface area contributed by atoms with Crippen LogP contribution < -0.4 is 21.7 Å². The summed E-state index contributed by atoms with van der Waals surface area (Å²) in [5.41, 5.74) is 9.80. The molecule has 5 atom stereocenters. The van der Waals surface area contributed by atoms with Gasteiger partial charge in [-0.05, 0) is 188 Å². The van der Waals surface area contributed by atoms with E-state index in [1.807, 2.05) is 106 Å². The Morgan fingerprint density at radius 3 is 1.16 bits per heavy atom. The van der Waals surface area contributed by atoms with Crippen molar-refractivity contribution in [3.63, 3.8) is 0 Å². The number of fused-ring (bicyclic) bond motifs is 2. The molecule has 0 radical (unpaired) electrons. The van der Waals surface area contributed by atoms with E-state index in [0.717, 1.165) is 93.3 Å². The van der Waals surface area contributed by atoms with Crippen LogP contribution in [0.3, 0.4) is 0 Å². The molecule has 5 heterocycles. The number of sulfone groups is 2. The molecule has 0 amide bonds. The van der Waals surface area contributed by atoms with Crippen LogP contribution in [-0.2, 0) is 69.6 Å². The normalized spacial score (nSPS) is 18.7. The van der Waals surface area contributed by atoms with E-state index in [2.05, 4.69) is 235 Å². The number of benzene rings is 9. The van der Waals surface area contributed by atoms with E-state index < -0.39 is 104 Å². The van der Waals surface area contributed by atoms with Crippen LogP contribution >= 0.6 is 0 Å². The molecule has 2 aliphatic carbocycles. The van der Waals surface area contributed by atoms with E-state index in [1.54, 1.807) is 18.2 Å². The molecular formula is C103H119B3F9N3O15S2. The van der Waals surface area contributed by atoms with Crippen LogP contribution in [0.25, 0.3) is 0 Å². The average Bonchev–Trinajstić information content (AvgIpc) is 1.56. The maximum atomic E-state index is 11.8. The lowest BCUT2D eigenvalue weighted by Gasteiger charge is -2.36. The van der Waals surface area contributed by atoms with E-state index in [0.29, 0.717) is 42.7 Å². The van der Waals surface area contributed by atoms with Gasteiger partial charge in [0.15, 0.2) is 28.1 Å². The number of rotatable bonds is 18. The Hall–Kier alpha value is -10.8. The van der Waals surface area contributed by atoms with Gasteiger partial charge in [-0.2, -0.15) is 39.5 Å². The molecule has 7 aliphatic rings. The summed E-state index contributed by atoms with van der Waals surface area (Å²) >= 11 is 0. The highest BCUT2D eigenvalue weighted by atomic mass is 32.3. The van der Waals surface area contributed by atoms with Crippen LogP contribution in [0.1, 0.15) is 148 Å². The van der Waals surface area contributed by atoms with Gasteiger partial charge < -0.3 is 54.0 Å². The molecule has 0 unspecified atom stereocenters. The number of carbonyl (C=O) groups excluding carboxylic acids is 2. The molecule has 5 fully saturated rings. The topological polar surface area (TPSA) is 256 Å². The summed E-state index contributed by atoms with van der Waals surface area (Å²) in [6, 6.07) is 88.4. The molecule has 5 aliphatic heterocycles. The van der Waals surface area contributed by atoms with E-state index in [1.165, 1.54) is 68.3 Å². The van der Waals surface area contributed by atoms with Gasteiger partial charge in [0, 0.05) is 30.5 Å². The Balaban J connectivity index is 0.000000194. The number of carbonyl (C=O) groups is 3. The monoisotopic (exact) mass is 1910 g/mol. The maximum absolute atomic E-state index is 11.8. The van der Waals surface area contributed by atoms with E-state index >= 15 is 0 Å². The van der Waals surface area contributed by atoms with Crippen molar-refractivity contribution in [3.05, 3.63) is 366 Å². The predicted octanol–water partition coefficient (Wildman–Crippen LogP) is 18.2. The number of esters is 2. The summed E-state index contributed by atoms with van der Waals surface area (Å²) in [5.74, 6) is -2.99. The van der Waals surface area contributed by atoms with Crippen LogP contribution in [0, 0.1) is 32.6 Å². The minimum atomic E-state index is -5.54. The third-order valence-corrected chi connectivity index (χ3v) is 27.5. The van der Waals surface area contributed by atoms with Crippen LogP contribution in [-0.4, -0.2) is 166 Å². The largest absolute Gasteiger partial charge is 0.498 e. The highest BCUT2D eigenvalue weighted by molar-refractivity contribution is 8.08. The molecule has 135 heavy (non-hydrogen) atoms. The highest BCUT2D eigenvalue weighted by Crippen LogP contribution is 2.51. The molecule has 0 aromatic heterocycles. The first-order valence-electron chi connectivity index (χ1n) is 44.5. The molecular weight excluding hydrogens is 1790 g/mol. The van der Waals surface area contributed by atoms with Gasteiger partial charge in [-0.3, -0.25) is 9.59 Å². The SMILES string of the molecule is C=CC(=C)C.C=CC(=O)OCC(F)(F)F.CC1=CC[C@H](C(=O)O)CC1.CC1=CC[C@H](C(=O)OCC(F)(F)F)CC1.CS(=O)(=O)CS(=O)(=O)C(F)(F)F.Cc1ccccc1B(O)O.Cc1ccccc1B1OC(c2ccccc2)(c2ccccc2)[C@@H]2CCCN12.Cc1ccccc1B1OC(c2ccccc2)(c2ccccc2)[C@@H]2CCCN12.OC(c1ccccc1)(c1ccccc1)[C@@H]1CCCN1. The van der Waals surface area contributed by atoms with Crippen molar-refractivity contribution in [1.29, 1.82) is 0 Å². The van der Waals surface area contributed by atoms with Crippen molar-refractivity contribution < 1.29 is 110 Å². The van der Waals surface area contributed by atoms with Crippen molar-refractivity contribution in [2.75, 3.05) is 44.2 Å². The van der Waals surface area contributed by atoms with Crippen molar-refractivity contribution in [3.8, 4) is 0 Å². The number of ether oxygens (including phenoxy) is 2. The van der Waals surface area contributed by atoms with Gasteiger partial charge in [0.2, 0.25) is 0 Å². The summed E-state index contributed by atoms with van der Waals surface area (Å²) in [4.78, 5) is 36.8. The molecule has 5 saturated heterocycles. The van der Waals surface area contributed by atoms with Gasteiger partial charge in [-0.25, -0.2) is 21.6 Å². The third kappa shape index (κ3) is 31.4. The van der Waals surface area contributed by atoms with Gasteiger partial charge in [0.1, 0.15) is 16.8 Å². The molecule has 0 spiro atoms. The molecule has 0 saturated carbocycles. The smallest absolute Gasteiger partial charge is 0.481 e. The Bertz CT molecular complexity index is 5320. The van der Waals surface area contributed by atoms with Gasteiger partial charge in [0.05, 0.1) is 11.8 Å². The van der Waals surface area contributed by atoms with Crippen molar-refractivity contribution in [2.24, 2.45) is 11.8 Å². The fourth-order valence-electron chi connectivity index (χ4n) is 17.1. The zero-order chi connectivity index (χ0) is 99.0. The first-order chi connectivity index (χ1) is 63.9. The molecule has 0 bridgehead atoms. The molecule has 18 nitrogen and oxygen atoms in total. The second kappa shape index (κ2) is 50.9. The minimum absolute atomic E-state index is 0.000822. The zero-order valence-electron chi connectivity index (χ0n) is 76.9. The Labute approximate surface area is 788 Å². The molecule has 5 N–H and O–H groups in total. The van der Waals surface area contributed by atoms with Crippen LogP contribution in [0.15, 0.2) is 316 Å². The zero-order valence-corrected chi connectivity index (χ0v) is 78.6. The molecule has 9 aromatic rings. The fraction of sp³-hybridized carbons (Fsp3) is 0.350. The third-order valence-electron chi connectivity index (χ3n) is 23.9. The van der Waals surface area contributed by atoms with Gasteiger partial charge in [0.25, 0.3) is 9.84 Å². The second-order valence-electron chi connectivity index (χ2n) is 33.9. The Kier molecular flexibility index (Phi) is 41.3. The summed E-state index contributed by atoms with van der Waals surface area (Å²) < 4.78 is 166. The number of nitrogens with zero attached hydrogens (tertiary/aromatic N) is 2. The average molecular weight is 1910 g/mol. The highest BCUT2D eigenvalue weighted by Gasteiger charge is 2.61. The van der Waals surface area contributed by atoms with E-state index in [9.17, 15) is 75.8 Å². The van der Waals surface area contributed by atoms with Gasteiger partial charge in [-0.1, -0.05) is 326 Å². The number of alkyl halides is 9. The molecule has 720 valence electrons. The van der Waals surface area contributed by atoms with Crippen LogP contribution in [0.5, 0.6) is 0 Å². The predicted molar refractivity (Wildman–Crippen MR) is 514 cm³/mol. The summed E-state index contributed by atoms with van der Waals surface area (Å²) in [6.45, 7) is 22.2. The molecule has 9 aromatic carbocycles. The number of carboxylic acids is 1. The van der Waals surface area contributed by atoms with Crippen molar-refractivity contribution in [2.45, 2.75) is 171 Å².